The van der Waals surface area contributed by atoms with Crippen molar-refractivity contribution in [3.8, 4) is 11.8 Å². The number of sulfonamides is 1. The molecule has 2 aromatic rings. The SMILES string of the molecule is CS(=O)(=O)Nc1cc(-n2nc(C(F)(F)F)n(N)c2=O)c(F)cc1C#N. The van der Waals surface area contributed by atoms with Crippen molar-refractivity contribution < 1.29 is 26.0 Å². The van der Waals surface area contributed by atoms with Gasteiger partial charge in [0.25, 0.3) is 5.82 Å². The highest BCUT2D eigenvalue weighted by molar-refractivity contribution is 7.92. The van der Waals surface area contributed by atoms with Crippen LogP contribution in [0.1, 0.15) is 11.4 Å². The molecule has 14 heteroatoms. The summed E-state index contributed by atoms with van der Waals surface area (Å²) in [5.74, 6) is 1.91. The van der Waals surface area contributed by atoms with E-state index in [1.54, 1.807) is 0 Å². The Morgan fingerprint density at radius 3 is 2.40 bits per heavy atom. The van der Waals surface area contributed by atoms with Crippen molar-refractivity contribution in [1.82, 2.24) is 14.5 Å². The first kappa shape index (κ1) is 18.3. The van der Waals surface area contributed by atoms with E-state index in [4.69, 9.17) is 11.1 Å². The molecule has 0 saturated carbocycles. The number of rotatable bonds is 3. The number of nitrogens with one attached hydrogen (secondary N) is 1. The third kappa shape index (κ3) is 3.55. The van der Waals surface area contributed by atoms with Crippen LogP contribution in [0.5, 0.6) is 0 Å². The minimum atomic E-state index is -5.09. The maximum absolute atomic E-state index is 14.1. The summed E-state index contributed by atoms with van der Waals surface area (Å²) in [6.45, 7) is 0. The Morgan fingerprint density at radius 2 is 1.96 bits per heavy atom. The van der Waals surface area contributed by atoms with Gasteiger partial charge in [-0.05, 0) is 12.1 Å². The van der Waals surface area contributed by atoms with Gasteiger partial charge in [0.15, 0.2) is 5.82 Å². The molecule has 25 heavy (non-hydrogen) atoms. The predicted octanol–water partition coefficient (Wildman–Crippen LogP) is 0.149. The molecule has 1 aromatic carbocycles. The molecule has 0 saturated heterocycles. The molecule has 3 N–H and O–H groups in total. The fraction of sp³-hybridized carbons (Fsp3) is 0.182. The summed E-state index contributed by atoms with van der Waals surface area (Å²) in [5.41, 5.74) is -3.26. The van der Waals surface area contributed by atoms with Gasteiger partial charge in [0.05, 0.1) is 17.5 Å². The number of benzene rings is 1. The van der Waals surface area contributed by atoms with E-state index in [0.717, 1.165) is 6.26 Å². The van der Waals surface area contributed by atoms with Gasteiger partial charge in [-0.2, -0.15) is 27.8 Å². The van der Waals surface area contributed by atoms with Crippen molar-refractivity contribution >= 4 is 15.7 Å². The van der Waals surface area contributed by atoms with E-state index in [1.165, 1.54) is 6.07 Å². The Balaban J connectivity index is 2.75. The molecule has 1 aromatic heterocycles. The standard InChI is InChI=1S/C11H8F4N6O3S/c1-25(23,24)19-7-3-8(6(12)2-5(7)4-16)21-10(22)20(17)9(18-21)11(13,14)15/h2-3,19H,17H2,1H3. The molecule has 0 aliphatic carbocycles. The smallest absolute Gasteiger partial charge is 0.333 e. The predicted molar refractivity (Wildman–Crippen MR) is 76.1 cm³/mol. The Morgan fingerprint density at radius 1 is 1.36 bits per heavy atom. The van der Waals surface area contributed by atoms with Gasteiger partial charge in [-0.3, -0.25) is 4.72 Å². The summed E-state index contributed by atoms with van der Waals surface area (Å²) in [7, 11) is -3.90. The second-order valence-electron chi connectivity index (χ2n) is 4.72. The average molecular weight is 380 g/mol. The highest BCUT2D eigenvalue weighted by Crippen LogP contribution is 2.27. The number of nitrogen functional groups attached to an aromatic ring is 1. The van der Waals surface area contributed by atoms with Crippen LogP contribution in [0, 0.1) is 17.1 Å². The normalized spacial score (nSPS) is 12.0. The van der Waals surface area contributed by atoms with Gasteiger partial charge in [0.2, 0.25) is 10.0 Å². The number of hydrogen-bond donors (Lipinski definition) is 2. The molecular weight excluding hydrogens is 372 g/mol. The molecule has 0 fully saturated rings. The maximum Gasteiger partial charge on any atom is 0.453 e. The van der Waals surface area contributed by atoms with Crippen molar-refractivity contribution in [2.24, 2.45) is 0 Å². The quantitative estimate of drug-likeness (QED) is 0.575. The van der Waals surface area contributed by atoms with Crippen LogP contribution in [-0.2, 0) is 16.2 Å². The van der Waals surface area contributed by atoms with Crippen molar-refractivity contribution in [2.75, 3.05) is 16.8 Å². The van der Waals surface area contributed by atoms with E-state index in [1.807, 2.05) is 4.72 Å². The van der Waals surface area contributed by atoms with Crippen LogP contribution in [-0.4, -0.2) is 29.1 Å². The van der Waals surface area contributed by atoms with Crippen molar-refractivity contribution in [1.29, 1.82) is 5.26 Å². The number of anilines is 1. The van der Waals surface area contributed by atoms with E-state index in [0.29, 0.717) is 12.1 Å². The molecule has 134 valence electrons. The number of nitrogens with zero attached hydrogens (tertiary/aromatic N) is 4. The number of aromatic nitrogens is 3. The molecule has 0 bridgehead atoms. The topological polar surface area (TPSA) is 136 Å². The summed E-state index contributed by atoms with van der Waals surface area (Å²) < 4.78 is 76.4. The van der Waals surface area contributed by atoms with Crippen LogP contribution < -0.4 is 16.3 Å². The summed E-state index contributed by atoms with van der Waals surface area (Å²) in [5, 5.41) is 11.8. The second kappa shape index (κ2) is 5.77. The lowest BCUT2D eigenvalue weighted by atomic mass is 10.1. The van der Waals surface area contributed by atoms with Crippen LogP contribution in [0.4, 0.5) is 23.2 Å². The zero-order valence-electron chi connectivity index (χ0n) is 12.2. The molecule has 1 heterocycles. The number of nitrogens with two attached hydrogens (primary N) is 1. The first-order chi connectivity index (χ1) is 11.3. The number of nitriles is 1. The Labute approximate surface area is 136 Å². The van der Waals surface area contributed by atoms with Gasteiger partial charge in [-0.15, -0.1) is 5.10 Å². The van der Waals surface area contributed by atoms with E-state index in [2.05, 4.69) is 5.10 Å². The van der Waals surface area contributed by atoms with Crippen molar-refractivity contribution in [3.05, 3.63) is 39.8 Å². The van der Waals surface area contributed by atoms with E-state index in [9.17, 15) is 30.8 Å². The molecule has 0 atom stereocenters. The lowest BCUT2D eigenvalue weighted by Gasteiger charge is -2.09. The minimum absolute atomic E-state index is 0.00672. The molecule has 0 aliphatic heterocycles. The number of hydrogen-bond acceptors (Lipinski definition) is 6. The number of alkyl halides is 3. The summed E-state index contributed by atoms with van der Waals surface area (Å²) in [6, 6.07) is 2.70. The lowest BCUT2D eigenvalue weighted by Crippen LogP contribution is -2.32. The van der Waals surface area contributed by atoms with Crippen LogP contribution in [0.3, 0.4) is 0 Å². The first-order valence-corrected chi connectivity index (χ1v) is 8.00. The second-order valence-corrected chi connectivity index (χ2v) is 6.47. The third-order valence-corrected chi connectivity index (χ3v) is 3.39. The summed E-state index contributed by atoms with van der Waals surface area (Å²) in [4.78, 5) is 11.8. The van der Waals surface area contributed by atoms with E-state index < -0.39 is 50.5 Å². The monoisotopic (exact) mass is 380 g/mol. The van der Waals surface area contributed by atoms with Gasteiger partial charge in [0.1, 0.15) is 11.8 Å². The molecule has 2 rings (SSSR count). The highest BCUT2D eigenvalue weighted by atomic mass is 32.2. The van der Waals surface area contributed by atoms with E-state index in [-0.39, 0.29) is 9.36 Å². The zero-order valence-corrected chi connectivity index (χ0v) is 13.0. The first-order valence-electron chi connectivity index (χ1n) is 6.11. The molecule has 0 radical (unpaired) electrons. The van der Waals surface area contributed by atoms with Crippen LogP contribution in [0.15, 0.2) is 16.9 Å². The Kier molecular flexibility index (Phi) is 4.22. The Bertz CT molecular complexity index is 1050. The summed E-state index contributed by atoms with van der Waals surface area (Å²) in [6.07, 6.45) is -4.35. The van der Waals surface area contributed by atoms with Gasteiger partial charge in [-0.25, -0.2) is 17.6 Å². The molecular formula is C11H8F4N6O3S. The van der Waals surface area contributed by atoms with Gasteiger partial charge in [0, 0.05) is 0 Å². The van der Waals surface area contributed by atoms with Crippen molar-refractivity contribution in [3.63, 3.8) is 0 Å². The van der Waals surface area contributed by atoms with Crippen LogP contribution >= 0.6 is 0 Å². The summed E-state index contributed by atoms with van der Waals surface area (Å²) >= 11 is 0. The van der Waals surface area contributed by atoms with Gasteiger partial charge < -0.3 is 5.84 Å². The molecule has 0 aliphatic rings. The largest absolute Gasteiger partial charge is 0.453 e. The average Bonchev–Trinajstić information content (AvgIpc) is 2.75. The Hall–Kier alpha value is -3.08. The molecule has 9 nitrogen and oxygen atoms in total. The zero-order chi connectivity index (χ0) is 19.2. The minimum Gasteiger partial charge on any atom is -0.333 e. The number of halogens is 4. The third-order valence-electron chi connectivity index (χ3n) is 2.79. The van der Waals surface area contributed by atoms with E-state index >= 15 is 0 Å². The van der Waals surface area contributed by atoms with Crippen LogP contribution in [0.25, 0.3) is 5.69 Å². The highest BCUT2D eigenvalue weighted by Gasteiger charge is 2.39. The molecule has 0 amide bonds. The van der Waals surface area contributed by atoms with Gasteiger partial charge in [-0.1, -0.05) is 0 Å². The molecule has 0 unspecified atom stereocenters. The fourth-order valence-corrected chi connectivity index (χ4v) is 2.40. The van der Waals surface area contributed by atoms with Gasteiger partial charge >= 0.3 is 11.9 Å². The fourth-order valence-electron chi connectivity index (χ4n) is 1.83. The van der Waals surface area contributed by atoms with Crippen LogP contribution in [0.2, 0.25) is 0 Å². The maximum atomic E-state index is 14.1. The lowest BCUT2D eigenvalue weighted by molar-refractivity contribution is -0.146. The van der Waals surface area contributed by atoms with Crippen molar-refractivity contribution in [2.45, 2.75) is 6.18 Å². The molecule has 0 spiro atoms.